The van der Waals surface area contributed by atoms with Crippen LogP contribution in [0, 0.1) is 0 Å². The lowest BCUT2D eigenvalue weighted by Crippen LogP contribution is -2.15. The molecule has 1 aromatic heterocycles. The van der Waals surface area contributed by atoms with Crippen molar-refractivity contribution < 1.29 is 5.11 Å². The Balaban J connectivity index is 2.05. The minimum absolute atomic E-state index is 0.382. The largest absolute Gasteiger partial charge is 0.387 e. The first kappa shape index (κ1) is 13.3. The second kappa shape index (κ2) is 6.15. The van der Waals surface area contributed by atoms with Crippen molar-refractivity contribution in [3.8, 4) is 0 Å². The average molecular weight is 258 g/mol. The number of nitrogen functional groups attached to an aromatic ring is 1. The molecule has 1 atom stereocenters. The average Bonchev–Trinajstić information content (AvgIpc) is 2.45. The van der Waals surface area contributed by atoms with Gasteiger partial charge in [0.25, 0.3) is 0 Å². The molecule has 100 valence electrons. The van der Waals surface area contributed by atoms with Crippen molar-refractivity contribution in [1.29, 1.82) is 0 Å². The molecule has 0 amide bonds. The van der Waals surface area contributed by atoms with E-state index >= 15 is 0 Å². The summed E-state index contributed by atoms with van der Waals surface area (Å²) < 4.78 is 0. The molecule has 0 saturated heterocycles. The van der Waals surface area contributed by atoms with E-state index in [0.717, 1.165) is 17.5 Å². The van der Waals surface area contributed by atoms with Crippen molar-refractivity contribution in [1.82, 2.24) is 9.97 Å². The molecule has 1 heterocycles. The van der Waals surface area contributed by atoms with Gasteiger partial charge in [-0.3, -0.25) is 0 Å². The summed E-state index contributed by atoms with van der Waals surface area (Å²) in [6, 6.07) is 9.50. The standard InChI is InChI=1S/C14H18N4O/c1-2-11-13(15)17-9-18-14(11)16-8-12(19)10-6-4-3-5-7-10/h3-7,9,12,19H,2,8H2,1H3,(H3,15,16,17,18). The minimum atomic E-state index is -0.581. The second-order valence-corrected chi connectivity index (χ2v) is 4.25. The Morgan fingerprint density at radius 1 is 1.26 bits per heavy atom. The van der Waals surface area contributed by atoms with Gasteiger partial charge < -0.3 is 16.2 Å². The molecule has 19 heavy (non-hydrogen) atoms. The molecule has 2 aromatic rings. The molecular weight excluding hydrogens is 240 g/mol. The first-order valence-corrected chi connectivity index (χ1v) is 6.28. The van der Waals surface area contributed by atoms with Crippen molar-refractivity contribution >= 4 is 11.6 Å². The summed E-state index contributed by atoms with van der Waals surface area (Å²) in [7, 11) is 0. The van der Waals surface area contributed by atoms with Crippen LogP contribution in [-0.2, 0) is 6.42 Å². The van der Waals surface area contributed by atoms with Crippen LogP contribution >= 0.6 is 0 Å². The molecule has 0 aliphatic heterocycles. The van der Waals surface area contributed by atoms with Gasteiger partial charge in [-0.1, -0.05) is 37.3 Å². The Bertz CT molecular complexity index is 530. The lowest BCUT2D eigenvalue weighted by Gasteiger charge is -2.15. The van der Waals surface area contributed by atoms with E-state index in [2.05, 4.69) is 15.3 Å². The third-order valence-electron chi connectivity index (χ3n) is 2.98. The number of aliphatic hydroxyl groups is 1. The minimum Gasteiger partial charge on any atom is -0.387 e. The number of anilines is 2. The summed E-state index contributed by atoms with van der Waals surface area (Å²) in [5, 5.41) is 13.2. The molecule has 0 saturated carbocycles. The van der Waals surface area contributed by atoms with Crippen LogP contribution in [0.1, 0.15) is 24.2 Å². The van der Waals surface area contributed by atoms with Crippen LogP contribution in [0.15, 0.2) is 36.7 Å². The van der Waals surface area contributed by atoms with E-state index in [4.69, 9.17) is 5.73 Å². The van der Waals surface area contributed by atoms with Crippen LogP contribution in [0.3, 0.4) is 0 Å². The van der Waals surface area contributed by atoms with Crippen LogP contribution in [-0.4, -0.2) is 21.6 Å². The third-order valence-corrected chi connectivity index (χ3v) is 2.98. The summed E-state index contributed by atoms with van der Waals surface area (Å²) in [4.78, 5) is 8.12. The molecule has 0 spiro atoms. The van der Waals surface area contributed by atoms with Crippen molar-refractivity contribution in [3.05, 3.63) is 47.8 Å². The zero-order valence-corrected chi connectivity index (χ0v) is 10.9. The van der Waals surface area contributed by atoms with Gasteiger partial charge in [-0.15, -0.1) is 0 Å². The maximum absolute atomic E-state index is 10.1. The van der Waals surface area contributed by atoms with E-state index in [-0.39, 0.29) is 0 Å². The Kier molecular flexibility index (Phi) is 4.30. The van der Waals surface area contributed by atoms with Gasteiger partial charge in [0.1, 0.15) is 18.0 Å². The Morgan fingerprint density at radius 2 is 2.00 bits per heavy atom. The molecule has 2 rings (SSSR count). The van der Waals surface area contributed by atoms with Gasteiger partial charge in [0.2, 0.25) is 0 Å². The van der Waals surface area contributed by atoms with Gasteiger partial charge in [-0.05, 0) is 12.0 Å². The molecule has 0 aliphatic rings. The highest BCUT2D eigenvalue weighted by Gasteiger charge is 2.10. The fraction of sp³-hybridized carbons (Fsp3) is 0.286. The number of hydrogen-bond acceptors (Lipinski definition) is 5. The number of aliphatic hydroxyl groups excluding tert-OH is 1. The van der Waals surface area contributed by atoms with Crippen molar-refractivity contribution in [3.63, 3.8) is 0 Å². The molecule has 1 aromatic carbocycles. The Hall–Kier alpha value is -2.14. The van der Waals surface area contributed by atoms with E-state index in [0.29, 0.717) is 18.2 Å². The predicted octanol–water partition coefficient (Wildman–Crippen LogP) is 1.77. The van der Waals surface area contributed by atoms with Crippen LogP contribution in [0.25, 0.3) is 0 Å². The Labute approximate surface area is 112 Å². The number of nitrogens with zero attached hydrogens (tertiary/aromatic N) is 2. The van der Waals surface area contributed by atoms with Crippen LogP contribution in [0.4, 0.5) is 11.6 Å². The summed E-state index contributed by atoms with van der Waals surface area (Å²) >= 11 is 0. The maximum atomic E-state index is 10.1. The summed E-state index contributed by atoms with van der Waals surface area (Å²) in [6.45, 7) is 2.38. The lowest BCUT2D eigenvalue weighted by atomic mass is 10.1. The first-order chi connectivity index (χ1) is 9.22. The highest BCUT2D eigenvalue weighted by Crippen LogP contribution is 2.19. The van der Waals surface area contributed by atoms with E-state index in [9.17, 15) is 5.11 Å². The molecule has 0 aliphatic carbocycles. The molecule has 1 unspecified atom stereocenters. The smallest absolute Gasteiger partial charge is 0.134 e. The topological polar surface area (TPSA) is 84.1 Å². The molecule has 5 nitrogen and oxygen atoms in total. The maximum Gasteiger partial charge on any atom is 0.134 e. The highest BCUT2D eigenvalue weighted by atomic mass is 16.3. The van der Waals surface area contributed by atoms with Crippen molar-refractivity contribution in [2.75, 3.05) is 17.6 Å². The molecular formula is C14H18N4O. The summed E-state index contributed by atoms with van der Waals surface area (Å²) in [6.07, 6.45) is 1.59. The number of nitrogens with one attached hydrogen (secondary N) is 1. The van der Waals surface area contributed by atoms with Gasteiger partial charge in [0.15, 0.2) is 0 Å². The SMILES string of the molecule is CCc1c(N)ncnc1NCC(O)c1ccccc1. The fourth-order valence-corrected chi connectivity index (χ4v) is 1.91. The van der Waals surface area contributed by atoms with Gasteiger partial charge in [0.05, 0.1) is 6.10 Å². The number of aromatic nitrogens is 2. The quantitative estimate of drug-likeness (QED) is 0.761. The first-order valence-electron chi connectivity index (χ1n) is 6.28. The number of benzene rings is 1. The monoisotopic (exact) mass is 258 g/mol. The van der Waals surface area contributed by atoms with Crippen LogP contribution in [0.2, 0.25) is 0 Å². The van der Waals surface area contributed by atoms with E-state index < -0.39 is 6.10 Å². The zero-order chi connectivity index (χ0) is 13.7. The van der Waals surface area contributed by atoms with Crippen LogP contribution < -0.4 is 11.1 Å². The van der Waals surface area contributed by atoms with Crippen molar-refractivity contribution in [2.24, 2.45) is 0 Å². The van der Waals surface area contributed by atoms with Gasteiger partial charge in [-0.25, -0.2) is 9.97 Å². The predicted molar refractivity (Wildman–Crippen MR) is 75.7 cm³/mol. The van der Waals surface area contributed by atoms with E-state index in [1.807, 2.05) is 37.3 Å². The zero-order valence-electron chi connectivity index (χ0n) is 10.9. The number of nitrogens with two attached hydrogens (primary N) is 1. The third kappa shape index (κ3) is 3.20. The van der Waals surface area contributed by atoms with Crippen LogP contribution in [0.5, 0.6) is 0 Å². The molecule has 0 radical (unpaired) electrons. The lowest BCUT2D eigenvalue weighted by molar-refractivity contribution is 0.191. The summed E-state index contributed by atoms with van der Waals surface area (Å²) in [5.41, 5.74) is 7.54. The van der Waals surface area contributed by atoms with Crippen molar-refractivity contribution in [2.45, 2.75) is 19.4 Å². The van der Waals surface area contributed by atoms with E-state index in [1.165, 1.54) is 6.33 Å². The number of hydrogen-bond donors (Lipinski definition) is 3. The van der Waals surface area contributed by atoms with Gasteiger partial charge in [0, 0.05) is 12.1 Å². The molecule has 0 bridgehead atoms. The summed E-state index contributed by atoms with van der Waals surface area (Å²) in [5.74, 6) is 1.17. The molecule has 4 N–H and O–H groups in total. The second-order valence-electron chi connectivity index (χ2n) is 4.25. The Morgan fingerprint density at radius 3 is 2.68 bits per heavy atom. The molecule has 0 fully saturated rings. The van der Waals surface area contributed by atoms with Gasteiger partial charge in [-0.2, -0.15) is 0 Å². The molecule has 5 heteroatoms. The normalized spacial score (nSPS) is 12.1. The fourth-order valence-electron chi connectivity index (χ4n) is 1.91. The van der Waals surface area contributed by atoms with E-state index in [1.54, 1.807) is 0 Å². The number of rotatable bonds is 5. The van der Waals surface area contributed by atoms with Gasteiger partial charge >= 0.3 is 0 Å². The highest BCUT2D eigenvalue weighted by molar-refractivity contribution is 5.54.